The van der Waals surface area contributed by atoms with E-state index in [0.29, 0.717) is 31.9 Å². The van der Waals surface area contributed by atoms with Crippen LogP contribution >= 0.6 is 0 Å². The molecule has 0 atom stereocenters. The largest absolute Gasteiger partial charge is 0.493 e. The van der Waals surface area contributed by atoms with Gasteiger partial charge in [-0.15, -0.1) is 0 Å². The molecular weight excluding hydrogens is 278 g/mol. The quantitative estimate of drug-likeness (QED) is 0.702. The van der Waals surface area contributed by atoms with Crippen molar-refractivity contribution in [3.8, 4) is 11.5 Å². The normalized spacial score (nSPS) is 11.3. The zero-order chi connectivity index (χ0) is 15.0. The lowest BCUT2D eigenvalue weighted by Crippen LogP contribution is -2.17. The van der Waals surface area contributed by atoms with Crippen LogP contribution in [0.15, 0.2) is 18.2 Å². The first kappa shape index (κ1) is 16.8. The third-order valence-corrected chi connectivity index (χ3v) is 3.76. The predicted molar refractivity (Wildman–Crippen MR) is 80.2 cm³/mol. The minimum absolute atomic E-state index is 0.215. The Kier molecular flexibility index (Phi) is 6.81. The summed E-state index contributed by atoms with van der Waals surface area (Å²) in [5, 5.41) is 3.22. The molecule has 0 saturated heterocycles. The molecule has 0 unspecified atom stereocenters. The maximum Gasteiger partial charge on any atom is 0.161 e. The minimum Gasteiger partial charge on any atom is -0.493 e. The highest BCUT2D eigenvalue weighted by molar-refractivity contribution is 7.90. The van der Waals surface area contributed by atoms with E-state index in [9.17, 15) is 8.42 Å². The molecule has 0 heterocycles. The van der Waals surface area contributed by atoms with Gasteiger partial charge in [-0.1, -0.05) is 6.07 Å². The third kappa shape index (κ3) is 6.25. The molecule has 0 aliphatic carbocycles. The molecule has 0 amide bonds. The first-order valence-corrected chi connectivity index (χ1v) is 8.70. The smallest absolute Gasteiger partial charge is 0.161 e. The van der Waals surface area contributed by atoms with Gasteiger partial charge in [-0.25, -0.2) is 8.42 Å². The average molecular weight is 301 g/mol. The summed E-state index contributed by atoms with van der Waals surface area (Å²) in [5.41, 5.74) is 1.07. The summed E-state index contributed by atoms with van der Waals surface area (Å²) in [5.74, 6) is 1.66. The summed E-state index contributed by atoms with van der Waals surface area (Å²) >= 11 is 0. The van der Waals surface area contributed by atoms with Crippen LogP contribution in [-0.2, 0) is 16.4 Å². The molecule has 0 bridgehead atoms. The van der Waals surface area contributed by atoms with Crippen LogP contribution in [0, 0.1) is 0 Å². The Morgan fingerprint density at radius 2 is 2.00 bits per heavy atom. The van der Waals surface area contributed by atoms with Crippen molar-refractivity contribution >= 4 is 9.84 Å². The van der Waals surface area contributed by atoms with E-state index in [1.54, 1.807) is 7.11 Å². The fourth-order valence-corrected chi connectivity index (χ4v) is 2.46. The zero-order valence-electron chi connectivity index (χ0n) is 12.3. The van der Waals surface area contributed by atoms with Crippen molar-refractivity contribution in [2.24, 2.45) is 0 Å². The second-order valence-electron chi connectivity index (χ2n) is 4.58. The summed E-state index contributed by atoms with van der Waals surface area (Å²) < 4.78 is 32.7. The number of methoxy groups -OCH3 is 1. The van der Waals surface area contributed by atoms with Crippen molar-refractivity contribution in [3.05, 3.63) is 23.8 Å². The van der Waals surface area contributed by atoms with E-state index < -0.39 is 9.84 Å². The molecule has 1 N–H and O–H groups in total. The second-order valence-corrected chi connectivity index (χ2v) is 6.84. The lowest BCUT2D eigenvalue weighted by atomic mass is 10.2. The van der Waals surface area contributed by atoms with Crippen molar-refractivity contribution in [3.63, 3.8) is 0 Å². The van der Waals surface area contributed by atoms with Crippen LogP contribution in [0.2, 0.25) is 0 Å². The fraction of sp³-hybridized carbons (Fsp3) is 0.571. The second kappa shape index (κ2) is 8.11. The molecule has 0 spiro atoms. The topological polar surface area (TPSA) is 64.6 Å². The molecule has 0 aromatic heterocycles. The summed E-state index contributed by atoms with van der Waals surface area (Å²) in [4.78, 5) is 0. The molecule has 0 radical (unpaired) electrons. The molecule has 6 heteroatoms. The number of rotatable bonds is 9. The summed E-state index contributed by atoms with van der Waals surface area (Å²) in [6.45, 7) is 3.87. The molecule has 1 aromatic rings. The molecule has 1 rings (SSSR count). The Labute approximate surface area is 121 Å². The molecule has 20 heavy (non-hydrogen) atoms. The summed E-state index contributed by atoms with van der Waals surface area (Å²) in [7, 11) is -1.26. The van der Waals surface area contributed by atoms with E-state index in [1.165, 1.54) is 6.26 Å². The van der Waals surface area contributed by atoms with E-state index in [1.807, 2.05) is 25.1 Å². The highest BCUT2D eigenvalue weighted by Gasteiger charge is 2.05. The molecular formula is C14H23NO4S. The van der Waals surface area contributed by atoms with E-state index in [2.05, 4.69) is 5.32 Å². The fourth-order valence-electron chi connectivity index (χ4n) is 1.79. The van der Waals surface area contributed by atoms with Crippen molar-refractivity contribution in [1.29, 1.82) is 0 Å². The summed E-state index contributed by atoms with van der Waals surface area (Å²) in [6, 6.07) is 5.78. The molecule has 1 aromatic carbocycles. The Morgan fingerprint density at radius 3 is 2.60 bits per heavy atom. The Morgan fingerprint density at radius 1 is 1.25 bits per heavy atom. The van der Waals surface area contributed by atoms with Gasteiger partial charge in [0.05, 0.1) is 19.5 Å². The Hall–Kier alpha value is -1.27. The monoisotopic (exact) mass is 301 g/mol. The van der Waals surface area contributed by atoms with Crippen LogP contribution in [0.3, 0.4) is 0 Å². The number of benzene rings is 1. The number of sulfone groups is 1. The molecule has 0 aliphatic heterocycles. The van der Waals surface area contributed by atoms with E-state index in [0.717, 1.165) is 11.3 Å². The molecule has 114 valence electrons. The van der Waals surface area contributed by atoms with Crippen molar-refractivity contribution in [2.75, 3.05) is 32.3 Å². The van der Waals surface area contributed by atoms with E-state index >= 15 is 0 Å². The third-order valence-electron chi connectivity index (χ3n) is 2.73. The first-order valence-electron chi connectivity index (χ1n) is 6.64. The van der Waals surface area contributed by atoms with Crippen LogP contribution in [0.5, 0.6) is 11.5 Å². The molecule has 0 saturated carbocycles. The van der Waals surface area contributed by atoms with Gasteiger partial charge in [0, 0.05) is 12.8 Å². The maximum atomic E-state index is 11.0. The molecule has 0 aliphatic rings. The molecule has 5 nitrogen and oxygen atoms in total. The van der Waals surface area contributed by atoms with Crippen LogP contribution < -0.4 is 14.8 Å². The van der Waals surface area contributed by atoms with Gasteiger partial charge in [-0.2, -0.15) is 0 Å². The lowest BCUT2D eigenvalue weighted by molar-refractivity contribution is 0.310. The average Bonchev–Trinajstić information content (AvgIpc) is 2.38. The van der Waals surface area contributed by atoms with Crippen LogP contribution in [-0.4, -0.2) is 40.7 Å². The van der Waals surface area contributed by atoms with E-state index in [-0.39, 0.29) is 5.75 Å². The number of hydrogen-bond acceptors (Lipinski definition) is 5. The maximum absolute atomic E-state index is 11.0. The van der Waals surface area contributed by atoms with Gasteiger partial charge in [-0.3, -0.25) is 0 Å². The highest BCUT2D eigenvalue weighted by Crippen LogP contribution is 2.27. The van der Waals surface area contributed by atoms with Gasteiger partial charge in [0.1, 0.15) is 9.84 Å². The van der Waals surface area contributed by atoms with Gasteiger partial charge in [-0.05, 0) is 37.6 Å². The van der Waals surface area contributed by atoms with Crippen molar-refractivity contribution < 1.29 is 17.9 Å². The van der Waals surface area contributed by atoms with Gasteiger partial charge < -0.3 is 14.8 Å². The lowest BCUT2D eigenvalue weighted by Gasteiger charge is -2.11. The number of hydrogen-bond donors (Lipinski definition) is 1. The number of nitrogens with one attached hydrogen (secondary N) is 1. The van der Waals surface area contributed by atoms with Crippen LogP contribution in [0.25, 0.3) is 0 Å². The Bertz CT molecular complexity index is 514. The van der Waals surface area contributed by atoms with E-state index in [4.69, 9.17) is 9.47 Å². The van der Waals surface area contributed by atoms with Crippen molar-refractivity contribution in [1.82, 2.24) is 5.32 Å². The Balaban J connectivity index is 2.44. The predicted octanol–water partition coefficient (Wildman–Crippen LogP) is 1.62. The minimum atomic E-state index is -2.87. The van der Waals surface area contributed by atoms with Gasteiger partial charge in [0.15, 0.2) is 11.5 Å². The van der Waals surface area contributed by atoms with Gasteiger partial charge >= 0.3 is 0 Å². The van der Waals surface area contributed by atoms with Gasteiger partial charge in [0.2, 0.25) is 0 Å². The van der Waals surface area contributed by atoms with Crippen molar-refractivity contribution in [2.45, 2.75) is 19.9 Å². The first-order chi connectivity index (χ1) is 9.46. The number of ether oxygens (including phenoxy) is 2. The molecule has 0 fully saturated rings. The SMILES string of the molecule is CCOc1ccc(CNCCCS(C)(=O)=O)cc1OC. The zero-order valence-corrected chi connectivity index (χ0v) is 13.1. The van der Waals surface area contributed by atoms with Crippen LogP contribution in [0.1, 0.15) is 18.9 Å². The summed E-state index contributed by atoms with van der Waals surface area (Å²) in [6.07, 6.45) is 1.87. The highest BCUT2D eigenvalue weighted by atomic mass is 32.2. The van der Waals surface area contributed by atoms with Gasteiger partial charge in [0.25, 0.3) is 0 Å². The van der Waals surface area contributed by atoms with Crippen LogP contribution in [0.4, 0.5) is 0 Å². The standard InChI is InChI=1S/C14H23NO4S/c1-4-19-13-7-6-12(10-14(13)18-2)11-15-8-5-9-20(3,16)17/h6-7,10,15H,4-5,8-9,11H2,1-3H3.